The van der Waals surface area contributed by atoms with Crippen LogP contribution in [0.25, 0.3) is 11.4 Å². The predicted molar refractivity (Wildman–Crippen MR) is 112 cm³/mol. The summed E-state index contributed by atoms with van der Waals surface area (Å²) in [7, 11) is 3.13. The van der Waals surface area contributed by atoms with Gasteiger partial charge >= 0.3 is 0 Å². The number of aromatic nitrogens is 2. The van der Waals surface area contributed by atoms with Crippen LogP contribution in [-0.2, 0) is 0 Å². The molecule has 156 valence electrons. The van der Waals surface area contributed by atoms with Gasteiger partial charge in [-0.2, -0.15) is 4.98 Å². The van der Waals surface area contributed by atoms with Crippen molar-refractivity contribution in [1.82, 2.24) is 15.0 Å². The summed E-state index contributed by atoms with van der Waals surface area (Å²) in [6, 6.07) is 12.5. The lowest BCUT2D eigenvalue weighted by Crippen LogP contribution is -2.38. The van der Waals surface area contributed by atoms with Crippen molar-refractivity contribution in [2.75, 3.05) is 27.3 Å². The van der Waals surface area contributed by atoms with Crippen LogP contribution >= 0.6 is 11.6 Å². The summed E-state index contributed by atoms with van der Waals surface area (Å²) in [5, 5.41) is 4.75. The molecule has 2 aromatic carbocycles. The van der Waals surface area contributed by atoms with Gasteiger partial charge in [0.05, 0.1) is 19.8 Å². The number of benzene rings is 2. The summed E-state index contributed by atoms with van der Waals surface area (Å²) in [6.45, 7) is 1.22. The van der Waals surface area contributed by atoms with Gasteiger partial charge in [0.1, 0.15) is 11.5 Å². The van der Waals surface area contributed by atoms with Crippen molar-refractivity contribution in [2.24, 2.45) is 0 Å². The lowest BCUT2D eigenvalue weighted by Gasteiger charge is -2.30. The Bertz CT molecular complexity index is 1030. The number of amides is 1. The number of hydrogen-bond acceptors (Lipinski definition) is 6. The molecule has 0 saturated carbocycles. The molecule has 0 radical (unpaired) electrons. The maximum atomic E-state index is 13.0. The second-order valence-electron chi connectivity index (χ2n) is 7.10. The molecule has 0 atom stereocenters. The molecule has 30 heavy (non-hydrogen) atoms. The van der Waals surface area contributed by atoms with Crippen molar-refractivity contribution in [1.29, 1.82) is 0 Å². The van der Waals surface area contributed by atoms with Crippen molar-refractivity contribution in [3.05, 3.63) is 58.9 Å². The molecule has 1 fully saturated rings. The SMILES string of the molecule is COc1ccc(C(=O)N2CCC(c3nc(-c4ccc(Cl)cc4)no3)CC2)c(OC)c1. The Hall–Kier alpha value is -3.06. The van der Waals surface area contributed by atoms with E-state index in [9.17, 15) is 4.79 Å². The molecule has 0 unspecified atom stereocenters. The highest BCUT2D eigenvalue weighted by molar-refractivity contribution is 6.30. The highest BCUT2D eigenvalue weighted by atomic mass is 35.5. The number of ether oxygens (including phenoxy) is 2. The van der Waals surface area contributed by atoms with Gasteiger partial charge in [0, 0.05) is 35.7 Å². The fraction of sp³-hybridized carbons (Fsp3) is 0.318. The van der Waals surface area contributed by atoms with E-state index in [1.807, 2.05) is 17.0 Å². The van der Waals surface area contributed by atoms with E-state index >= 15 is 0 Å². The molecule has 0 bridgehead atoms. The summed E-state index contributed by atoms with van der Waals surface area (Å²) in [5.74, 6) is 2.37. The van der Waals surface area contributed by atoms with Crippen LogP contribution in [0.3, 0.4) is 0 Å². The third-order valence-electron chi connectivity index (χ3n) is 5.31. The summed E-state index contributed by atoms with van der Waals surface area (Å²) >= 11 is 5.93. The maximum absolute atomic E-state index is 13.0. The molecule has 3 aromatic rings. The summed E-state index contributed by atoms with van der Waals surface area (Å²) < 4.78 is 16.1. The van der Waals surface area contributed by atoms with Crippen molar-refractivity contribution in [3.8, 4) is 22.9 Å². The van der Waals surface area contributed by atoms with E-state index in [1.165, 1.54) is 0 Å². The van der Waals surface area contributed by atoms with Crippen LogP contribution < -0.4 is 9.47 Å². The quantitative estimate of drug-likeness (QED) is 0.599. The van der Waals surface area contributed by atoms with Gasteiger partial charge in [-0.25, -0.2) is 0 Å². The number of nitrogens with zero attached hydrogens (tertiary/aromatic N) is 3. The summed E-state index contributed by atoms with van der Waals surface area (Å²) in [6.07, 6.45) is 1.51. The molecule has 2 heterocycles. The van der Waals surface area contributed by atoms with Gasteiger partial charge in [-0.15, -0.1) is 0 Å². The minimum atomic E-state index is -0.0552. The standard InChI is InChI=1S/C22H22ClN3O4/c1-28-17-7-8-18(19(13-17)29-2)22(27)26-11-9-15(10-12-26)21-24-20(25-30-21)14-3-5-16(23)6-4-14/h3-8,13,15H,9-12H2,1-2H3. The third-order valence-corrected chi connectivity index (χ3v) is 5.57. The van der Waals surface area contributed by atoms with E-state index in [-0.39, 0.29) is 11.8 Å². The van der Waals surface area contributed by atoms with Crippen molar-refractivity contribution < 1.29 is 18.8 Å². The smallest absolute Gasteiger partial charge is 0.257 e. The lowest BCUT2D eigenvalue weighted by atomic mass is 9.96. The molecule has 0 spiro atoms. The van der Waals surface area contributed by atoms with Crippen LogP contribution in [0.5, 0.6) is 11.5 Å². The topological polar surface area (TPSA) is 77.7 Å². The molecule has 8 heteroatoms. The average molecular weight is 428 g/mol. The number of halogens is 1. The van der Waals surface area contributed by atoms with Crippen LogP contribution in [0.4, 0.5) is 0 Å². The van der Waals surface area contributed by atoms with E-state index in [4.69, 9.17) is 25.6 Å². The number of carbonyl (C=O) groups is 1. The molecule has 1 aliphatic heterocycles. The molecule has 1 aliphatic rings. The molecule has 1 saturated heterocycles. The molecule has 1 amide bonds. The monoisotopic (exact) mass is 427 g/mol. The Morgan fingerprint density at radius 3 is 2.50 bits per heavy atom. The third kappa shape index (κ3) is 4.11. The number of likely N-dealkylation sites (tertiary alicyclic amines) is 1. The van der Waals surface area contributed by atoms with E-state index in [0.29, 0.717) is 46.9 Å². The first-order chi connectivity index (χ1) is 14.6. The Morgan fingerprint density at radius 2 is 1.83 bits per heavy atom. The molecule has 1 aromatic heterocycles. The van der Waals surface area contributed by atoms with Crippen molar-refractivity contribution >= 4 is 17.5 Å². The molecule has 4 rings (SSSR count). The van der Waals surface area contributed by atoms with Crippen LogP contribution in [0.2, 0.25) is 5.02 Å². The van der Waals surface area contributed by atoms with Gasteiger partial charge in [0.15, 0.2) is 0 Å². The van der Waals surface area contributed by atoms with Gasteiger partial charge < -0.3 is 18.9 Å². The second kappa shape index (κ2) is 8.75. The lowest BCUT2D eigenvalue weighted by molar-refractivity contribution is 0.0701. The fourth-order valence-electron chi connectivity index (χ4n) is 3.59. The molecular formula is C22H22ClN3O4. The van der Waals surface area contributed by atoms with Crippen LogP contribution in [0.1, 0.15) is 35.0 Å². The van der Waals surface area contributed by atoms with E-state index in [2.05, 4.69) is 10.1 Å². The minimum absolute atomic E-state index is 0.0552. The fourth-order valence-corrected chi connectivity index (χ4v) is 3.72. The van der Waals surface area contributed by atoms with E-state index in [1.54, 1.807) is 44.6 Å². The molecule has 0 aliphatic carbocycles. The first kappa shape index (κ1) is 20.2. The summed E-state index contributed by atoms with van der Waals surface area (Å²) in [5.41, 5.74) is 1.38. The van der Waals surface area contributed by atoms with Gasteiger partial charge in [0.25, 0.3) is 5.91 Å². The second-order valence-corrected chi connectivity index (χ2v) is 7.53. The molecular weight excluding hydrogens is 406 g/mol. The molecule has 7 nitrogen and oxygen atoms in total. The number of piperidine rings is 1. The number of rotatable bonds is 5. The molecule has 0 N–H and O–H groups in total. The van der Waals surface area contributed by atoms with Gasteiger partial charge in [-0.1, -0.05) is 16.8 Å². The van der Waals surface area contributed by atoms with Crippen LogP contribution in [-0.4, -0.2) is 48.3 Å². The zero-order chi connectivity index (χ0) is 21.1. The van der Waals surface area contributed by atoms with E-state index < -0.39 is 0 Å². The number of carbonyl (C=O) groups excluding carboxylic acids is 1. The Kier molecular flexibility index (Phi) is 5.90. The Balaban J connectivity index is 1.42. The highest BCUT2D eigenvalue weighted by Crippen LogP contribution is 2.31. The first-order valence-electron chi connectivity index (χ1n) is 9.70. The average Bonchev–Trinajstić information content (AvgIpc) is 3.29. The number of methoxy groups -OCH3 is 2. The zero-order valence-electron chi connectivity index (χ0n) is 16.8. The van der Waals surface area contributed by atoms with Crippen LogP contribution in [0, 0.1) is 0 Å². The van der Waals surface area contributed by atoms with E-state index in [0.717, 1.165) is 18.4 Å². The maximum Gasteiger partial charge on any atom is 0.257 e. The highest BCUT2D eigenvalue weighted by Gasteiger charge is 2.29. The minimum Gasteiger partial charge on any atom is -0.497 e. The normalized spacial score (nSPS) is 14.6. The van der Waals surface area contributed by atoms with Crippen molar-refractivity contribution in [3.63, 3.8) is 0 Å². The zero-order valence-corrected chi connectivity index (χ0v) is 17.6. The Morgan fingerprint density at radius 1 is 1.10 bits per heavy atom. The Labute approximate surface area is 179 Å². The van der Waals surface area contributed by atoms with Crippen molar-refractivity contribution in [2.45, 2.75) is 18.8 Å². The number of hydrogen-bond donors (Lipinski definition) is 0. The largest absolute Gasteiger partial charge is 0.497 e. The van der Waals surface area contributed by atoms with Gasteiger partial charge in [0.2, 0.25) is 11.7 Å². The first-order valence-corrected chi connectivity index (χ1v) is 10.1. The van der Waals surface area contributed by atoms with Crippen LogP contribution in [0.15, 0.2) is 47.0 Å². The van der Waals surface area contributed by atoms with Gasteiger partial charge in [-0.05, 0) is 49.2 Å². The van der Waals surface area contributed by atoms with Gasteiger partial charge in [-0.3, -0.25) is 4.79 Å². The predicted octanol–water partition coefficient (Wildman–Crippen LogP) is 4.43. The summed E-state index contributed by atoms with van der Waals surface area (Å²) in [4.78, 5) is 19.4.